The van der Waals surface area contributed by atoms with Gasteiger partial charge in [0.05, 0.1) is 12.0 Å². The molecule has 0 spiro atoms. The van der Waals surface area contributed by atoms with Gasteiger partial charge >= 0.3 is 11.9 Å². The van der Waals surface area contributed by atoms with Crippen molar-refractivity contribution in [2.24, 2.45) is 11.8 Å². The van der Waals surface area contributed by atoms with Gasteiger partial charge in [0.2, 0.25) is 0 Å². The summed E-state index contributed by atoms with van der Waals surface area (Å²) in [5.41, 5.74) is 0. The maximum atomic E-state index is 11.6. The zero-order valence-electron chi connectivity index (χ0n) is 11.6. The molecule has 4 N–H and O–H groups in total. The van der Waals surface area contributed by atoms with E-state index in [1.54, 1.807) is 0 Å². The van der Waals surface area contributed by atoms with Gasteiger partial charge in [-0.2, -0.15) is 0 Å². The standard InChI is InChI=1S/C13H22O7/c1-6(2)3-4-9(14)20-8-5-7(13(18)19)10(15)12(17)11(8)16/h6-8,10-12,15-17H,3-5H2,1-2H3,(H,18,19)/t7-,8?,10+,11-,12-/m0/s1. The summed E-state index contributed by atoms with van der Waals surface area (Å²) in [4.78, 5) is 22.6. The molecular weight excluding hydrogens is 268 g/mol. The van der Waals surface area contributed by atoms with Gasteiger partial charge in [-0.25, -0.2) is 0 Å². The minimum Gasteiger partial charge on any atom is -0.481 e. The molecule has 0 aromatic rings. The van der Waals surface area contributed by atoms with Gasteiger partial charge in [-0.15, -0.1) is 0 Å². The lowest BCUT2D eigenvalue weighted by Gasteiger charge is -2.38. The third-order valence-electron chi connectivity index (χ3n) is 3.51. The summed E-state index contributed by atoms with van der Waals surface area (Å²) in [5, 5.41) is 37.9. The van der Waals surface area contributed by atoms with Crippen molar-refractivity contribution in [3.63, 3.8) is 0 Å². The third-order valence-corrected chi connectivity index (χ3v) is 3.51. The molecule has 1 rings (SSSR count). The average Bonchev–Trinajstić information content (AvgIpc) is 2.36. The lowest BCUT2D eigenvalue weighted by molar-refractivity contribution is -0.193. The number of carbonyl (C=O) groups is 2. The van der Waals surface area contributed by atoms with E-state index in [2.05, 4.69) is 0 Å². The van der Waals surface area contributed by atoms with E-state index in [0.717, 1.165) is 0 Å². The molecule has 20 heavy (non-hydrogen) atoms. The number of aliphatic hydroxyl groups excluding tert-OH is 3. The van der Waals surface area contributed by atoms with E-state index >= 15 is 0 Å². The Morgan fingerprint density at radius 3 is 2.25 bits per heavy atom. The van der Waals surface area contributed by atoms with E-state index in [1.807, 2.05) is 13.8 Å². The highest BCUT2D eigenvalue weighted by molar-refractivity contribution is 5.72. The van der Waals surface area contributed by atoms with Crippen LogP contribution in [0.25, 0.3) is 0 Å². The predicted molar refractivity (Wildman–Crippen MR) is 67.7 cm³/mol. The molecule has 0 saturated heterocycles. The molecule has 1 saturated carbocycles. The van der Waals surface area contributed by atoms with Gasteiger partial charge < -0.3 is 25.2 Å². The Morgan fingerprint density at radius 1 is 1.15 bits per heavy atom. The number of hydrogen-bond acceptors (Lipinski definition) is 6. The van der Waals surface area contributed by atoms with Crippen molar-refractivity contribution in [2.75, 3.05) is 0 Å². The second-order valence-electron chi connectivity index (χ2n) is 5.61. The van der Waals surface area contributed by atoms with Crippen LogP contribution in [0.15, 0.2) is 0 Å². The van der Waals surface area contributed by atoms with E-state index in [4.69, 9.17) is 9.84 Å². The summed E-state index contributed by atoms with van der Waals surface area (Å²) in [7, 11) is 0. The largest absolute Gasteiger partial charge is 0.481 e. The molecule has 1 aliphatic rings. The summed E-state index contributed by atoms with van der Waals surface area (Å²) in [5.74, 6) is -2.79. The van der Waals surface area contributed by atoms with Crippen LogP contribution in [0.1, 0.15) is 33.1 Å². The minimum absolute atomic E-state index is 0.164. The molecule has 1 unspecified atom stereocenters. The lowest BCUT2D eigenvalue weighted by atomic mass is 9.81. The number of hydrogen-bond donors (Lipinski definition) is 4. The Kier molecular flexibility index (Phi) is 5.91. The Morgan fingerprint density at radius 2 is 1.75 bits per heavy atom. The molecule has 0 heterocycles. The summed E-state index contributed by atoms with van der Waals surface area (Å²) >= 11 is 0. The SMILES string of the molecule is CC(C)CCC(=O)OC1C[C@H](C(=O)O)[C@@H](O)[C@H](O)[C@H]1O. The van der Waals surface area contributed by atoms with Gasteiger partial charge in [-0.05, 0) is 12.3 Å². The van der Waals surface area contributed by atoms with Crippen molar-refractivity contribution in [1.82, 2.24) is 0 Å². The van der Waals surface area contributed by atoms with E-state index in [9.17, 15) is 24.9 Å². The fourth-order valence-electron chi connectivity index (χ4n) is 2.19. The Balaban J connectivity index is 2.64. The molecule has 7 heteroatoms. The highest BCUT2D eigenvalue weighted by Crippen LogP contribution is 2.28. The van der Waals surface area contributed by atoms with Crippen molar-refractivity contribution in [2.45, 2.75) is 57.5 Å². The topological polar surface area (TPSA) is 124 Å². The molecule has 0 amide bonds. The van der Waals surface area contributed by atoms with Crippen LogP contribution in [0, 0.1) is 11.8 Å². The van der Waals surface area contributed by atoms with Gasteiger partial charge in [-0.3, -0.25) is 9.59 Å². The first kappa shape index (κ1) is 16.9. The summed E-state index contributed by atoms with van der Waals surface area (Å²) in [6.07, 6.45) is -5.26. The fourth-order valence-corrected chi connectivity index (χ4v) is 2.19. The van der Waals surface area contributed by atoms with Crippen molar-refractivity contribution >= 4 is 11.9 Å². The van der Waals surface area contributed by atoms with Gasteiger partial charge in [0.1, 0.15) is 18.3 Å². The number of aliphatic hydroxyl groups is 3. The van der Waals surface area contributed by atoms with E-state index in [0.29, 0.717) is 12.3 Å². The van der Waals surface area contributed by atoms with Crippen LogP contribution < -0.4 is 0 Å². The molecule has 7 nitrogen and oxygen atoms in total. The van der Waals surface area contributed by atoms with Crippen LogP contribution in [0.4, 0.5) is 0 Å². The van der Waals surface area contributed by atoms with Crippen LogP contribution in [-0.2, 0) is 14.3 Å². The Bertz CT molecular complexity index is 355. The highest BCUT2D eigenvalue weighted by Gasteiger charge is 2.47. The molecule has 0 radical (unpaired) electrons. The molecule has 0 aliphatic heterocycles. The number of rotatable bonds is 5. The fraction of sp³-hybridized carbons (Fsp3) is 0.846. The monoisotopic (exact) mass is 290 g/mol. The number of carboxylic acids is 1. The van der Waals surface area contributed by atoms with E-state index in [1.165, 1.54) is 0 Å². The predicted octanol–water partition coefficient (Wildman–Crippen LogP) is -0.478. The van der Waals surface area contributed by atoms with Gasteiger partial charge in [0.25, 0.3) is 0 Å². The highest BCUT2D eigenvalue weighted by atomic mass is 16.6. The van der Waals surface area contributed by atoms with Gasteiger partial charge in [0.15, 0.2) is 0 Å². The normalized spacial score (nSPS) is 34.0. The van der Waals surface area contributed by atoms with Crippen LogP contribution in [-0.4, -0.2) is 56.8 Å². The summed E-state index contributed by atoms with van der Waals surface area (Å²) in [6.45, 7) is 3.90. The second kappa shape index (κ2) is 7.01. The third kappa shape index (κ3) is 4.16. The van der Waals surface area contributed by atoms with Gasteiger partial charge in [0, 0.05) is 12.8 Å². The summed E-state index contributed by atoms with van der Waals surface area (Å²) in [6, 6.07) is 0. The first-order valence-corrected chi connectivity index (χ1v) is 6.70. The van der Waals surface area contributed by atoms with Gasteiger partial charge in [-0.1, -0.05) is 13.8 Å². The first-order chi connectivity index (χ1) is 9.23. The maximum Gasteiger partial charge on any atom is 0.309 e. The van der Waals surface area contributed by atoms with Crippen molar-refractivity contribution in [3.05, 3.63) is 0 Å². The van der Waals surface area contributed by atoms with Crippen molar-refractivity contribution < 1.29 is 34.8 Å². The molecule has 0 aromatic carbocycles. The smallest absolute Gasteiger partial charge is 0.309 e. The van der Waals surface area contributed by atoms with E-state index in [-0.39, 0.29) is 12.8 Å². The Labute approximate surface area is 117 Å². The number of ether oxygens (including phenoxy) is 1. The van der Waals surface area contributed by atoms with Crippen molar-refractivity contribution in [3.8, 4) is 0 Å². The molecule has 0 bridgehead atoms. The zero-order valence-corrected chi connectivity index (χ0v) is 11.6. The summed E-state index contributed by atoms with van der Waals surface area (Å²) < 4.78 is 5.03. The number of carboxylic acid groups (broad SMARTS) is 1. The molecular formula is C13H22O7. The van der Waals surface area contributed by atoms with Crippen molar-refractivity contribution in [1.29, 1.82) is 0 Å². The van der Waals surface area contributed by atoms with Crippen LogP contribution in [0.3, 0.4) is 0 Å². The zero-order chi connectivity index (χ0) is 15.4. The maximum absolute atomic E-state index is 11.6. The Hall–Kier alpha value is -1.18. The minimum atomic E-state index is -1.65. The average molecular weight is 290 g/mol. The van der Waals surface area contributed by atoms with E-state index < -0.39 is 42.3 Å². The van der Waals surface area contributed by atoms with Crippen LogP contribution >= 0.6 is 0 Å². The van der Waals surface area contributed by atoms with Crippen LogP contribution in [0.5, 0.6) is 0 Å². The lowest BCUT2D eigenvalue weighted by Crippen LogP contribution is -2.56. The molecule has 1 fully saturated rings. The van der Waals surface area contributed by atoms with Crippen LogP contribution in [0.2, 0.25) is 0 Å². The molecule has 0 aromatic heterocycles. The first-order valence-electron chi connectivity index (χ1n) is 6.70. The molecule has 5 atom stereocenters. The second-order valence-corrected chi connectivity index (χ2v) is 5.61. The molecule has 1 aliphatic carbocycles. The quantitative estimate of drug-likeness (QED) is 0.504. The molecule has 116 valence electrons. The number of esters is 1. The number of carbonyl (C=O) groups excluding carboxylic acids is 1. The number of aliphatic carboxylic acids is 1.